The van der Waals surface area contributed by atoms with Gasteiger partial charge in [-0.15, -0.1) is 27.8 Å². The van der Waals surface area contributed by atoms with Gasteiger partial charge in [0.1, 0.15) is 17.3 Å². The Morgan fingerprint density at radius 3 is 2.46 bits per heavy atom. The minimum Gasteiger partial charge on any atom is -0.664 e. The fraction of sp³-hybridized carbons (Fsp3) is 0.343. The number of methoxy groups -OCH3 is 1. The third-order valence-electron chi connectivity index (χ3n) is 9.76. The molecule has 4 atom stereocenters. The second kappa shape index (κ2) is 12.4. The Morgan fingerprint density at radius 1 is 1.11 bits per heavy atom. The van der Waals surface area contributed by atoms with Crippen molar-refractivity contribution in [2.24, 2.45) is 17.8 Å². The Hall–Kier alpha value is -3.90. The molecule has 5 heterocycles. The number of aromatic nitrogens is 2. The number of allylic oxidation sites excluding steroid dienone is 6. The largest absolute Gasteiger partial charge is 2.00 e. The van der Waals surface area contributed by atoms with Gasteiger partial charge in [-0.05, 0) is 57.1 Å². The van der Waals surface area contributed by atoms with Crippen LogP contribution >= 0.6 is 0 Å². The van der Waals surface area contributed by atoms with E-state index >= 15 is 0 Å². The number of nitrogens with one attached hydrogen (secondary N) is 2. The van der Waals surface area contributed by atoms with E-state index in [9.17, 15) is 25.3 Å². The molecule has 1 unspecified atom stereocenters. The third-order valence-corrected chi connectivity index (χ3v) is 9.76. The zero-order chi connectivity index (χ0) is 32.5. The first kappa shape index (κ1) is 33.5. The van der Waals surface area contributed by atoms with Crippen LogP contribution in [0, 0.1) is 31.6 Å². The molecular weight excluding hydrogens is 595 g/mol. The molecule has 3 N–H and O–H groups in total. The molecule has 0 saturated carbocycles. The van der Waals surface area contributed by atoms with Crippen LogP contribution < -0.4 is 25.7 Å². The molecule has 0 radical (unpaired) electrons. The number of Topliss-reactive ketones (excluding diaryl/α,β-unsaturated/α-hetero) is 1. The number of nitrogens with zero attached hydrogens (tertiary/aromatic N) is 3. The van der Waals surface area contributed by atoms with Crippen molar-refractivity contribution in [1.82, 2.24) is 9.97 Å². The van der Waals surface area contributed by atoms with E-state index in [1.54, 1.807) is 13.0 Å². The van der Waals surface area contributed by atoms with Crippen LogP contribution in [0.4, 0.5) is 0 Å². The molecule has 1 saturated heterocycles. The summed E-state index contributed by atoms with van der Waals surface area (Å²) >= 11 is 0. The van der Waals surface area contributed by atoms with Gasteiger partial charge in [-0.25, -0.2) is 0 Å². The predicted molar refractivity (Wildman–Crippen MR) is 175 cm³/mol. The molecule has 1 aliphatic carbocycles. The first-order valence-electron chi connectivity index (χ1n) is 15.1. The number of carboxylic acids is 1. The second-order valence-electron chi connectivity index (χ2n) is 12.0. The van der Waals surface area contributed by atoms with Gasteiger partial charge in [-0.3, -0.25) is 14.4 Å². The molecule has 46 heavy (non-hydrogen) atoms. The van der Waals surface area contributed by atoms with Gasteiger partial charge in [0.2, 0.25) is 0 Å². The first-order chi connectivity index (χ1) is 21.4. The molecule has 1 fully saturated rings. The maximum Gasteiger partial charge on any atom is 2.00 e. The molecule has 3 aliphatic heterocycles. The number of aliphatic carboxylic acids is 1. The summed E-state index contributed by atoms with van der Waals surface area (Å²) in [6.07, 6.45) is 8.33. The Morgan fingerprint density at radius 2 is 1.83 bits per heavy atom. The number of carbonyl (C=O) groups is 3. The van der Waals surface area contributed by atoms with Crippen molar-refractivity contribution < 1.29 is 29.2 Å². The number of rotatable bonds is 6. The Bertz CT molecular complexity index is 1970. The van der Waals surface area contributed by atoms with Crippen LogP contribution in [0.1, 0.15) is 67.3 Å². The van der Waals surface area contributed by atoms with Crippen LogP contribution in [0.3, 0.4) is 0 Å². The van der Waals surface area contributed by atoms with E-state index in [1.165, 1.54) is 7.11 Å². The molecule has 8 bridgehead atoms. The van der Waals surface area contributed by atoms with Gasteiger partial charge in [0.25, 0.3) is 0 Å². The van der Waals surface area contributed by atoms with Gasteiger partial charge in [0.05, 0.1) is 12.7 Å². The van der Waals surface area contributed by atoms with Crippen LogP contribution in [0.15, 0.2) is 46.1 Å². The maximum absolute atomic E-state index is 14.1. The fourth-order valence-corrected chi connectivity index (χ4v) is 7.27. The smallest absolute Gasteiger partial charge is 0.664 e. The summed E-state index contributed by atoms with van der Waals surface area (Å²) in [6, 6.07) is 0. The SMILES string of the molecule is C=Cc1c2[n-]c(c1C)/C=C1\[N-]/C(=C3\C4=C(C(=O)[C@@H]3C(=O)OC)C(C)=C(/C=c3\[n-]/c(c(C)c3CC)=C\2)[NH+]4[NH-])[C@@H](CCC(=O)O)[C@@H]1C.[Mg+2]. The summed E-state index contributed by atoms with van der Waals surface area (Å²) in [5.74, 6) is 5.30. The Kier molecular flexibility index (Phi) is 8.99. The van der Waals surface area contributed by atoms with E-state index in [4.69, 9.17) is 20.0 Å². The normalized spacial score (nSPS) is 27.3. The molecule has 0 spiro atoms. The average molecular weight is 631 g/mol. The average Bonchev–Trinajstić information content (AvgIpc) is 3.73. The summed E-state index contributed by atoms with van der Waals surface area (Å²) in [7, 11) is 1.23. The van der Waals surface area contributed by atoms with Crippen molar-refractivity contribution in [2.75, 3.05) is 7.11 Å². The Balaban J connectivity index is 0.00000417. The fourth-order valence-electron chi connectivity index (χ4n) is 7.27. The van der Waals surface area contributed by atoms with Gasteiger partial charge in [-0.2, -0.15) is 5.70 Å². The number of ether oxygens (including phenoxy) is 1. The number of esters is 1. The number of hydrogen-bond donors (Lipinski definition) is 2. The van der Waals surface area contributed by atoms with Crippen molar-refractivity contribution in [1.29, 1.82) is 0 Å². The second-order valence-corrected chi connectivity index (χ2v) is 12.0. The van der Waals surface area contributed by atoms with Crippen molar-refractivity contribution in [2.45, 2.75) is 53.9 Å². The van der Waals surface area contributed by atoms with Gasteiger partial charge in [0.15, 0.2) is 5.78 Å². The standard InChI is InChI=1S/C35H37N5O5.Mg/c1-8-19-15(3)22-12-24-17(5)21(10-11-28(41)42)32(39-24)30-31(35(44)45-7)34(43)29-18(6)27(40(36)33(29)30)14-26-20(9-2)16(4)23(38-26)13-25(19)37-22;/h8,12-14,17,21,31,36,40H,1,9-11H2,2-7H3,(H2,39,41,42,43);/q-2;+2/p-1/b23-13-,24-12-,26-14-;/t17-,21-,31+;/m0./s1. The van der Waals surface area contributed by atoms with E-state index < -0.39 is 29.6 Å². The molecule has 0 amide bonds. The molecular formula is C35H36MgN5O5-. The van der Waals surface area contributed by atoms with Crippen LogP contribution in [0.25, 0.3) is 35.5 Å². The summed E-state index contributed by atoms with van der Waals surface area (Å²) in [6.45, 7) is 13.9. The minimum atomic E-state index is -1.29. The van der Waals surface area contributed by atoms with Crippen molar-refractivity contribution in [3.63, 3.8) is 0 Å². The zero-order valence-electron chi connectivity index (χ0n) is 27.0. The number of hydrogen-bond acceptors (Lipinski definition) is 4. The summed E-state index contributed by atoms with van der Waals surface area (Å²) in [5.41, 5.74) is 8.55. The van der Waals surface area contributed by atoms with Crippen molar-refractivity contribution in [3.8, 4) is 0 Å². The van der Waals surface area contributed by atoms with Gasteiger partial charge in [-0.1, -0.05) is 55.3 Å². The molecule has 10 nitrogen and oxygen atoms in total. The van der Waals surface area contributed by atoms with Gasteiger partial charge < -0.3 is 36.0 Å². The Labute approximate surface area is 283 Å². The molecule has 2 aromatic heterocycles. The van der Waals surface area contributed by atoms with E-state index in [0.717, 1.165) is 33.3 Å². The molecule has 0 aromatic carbocycles. The predicted octanol–water partition coefficient (Wildman–Crippen LogP) is 2.53. The number of fused-ring (bicyclic) bond motifs is 7. The summed E-state index contributed by atoms with van der Waals surface area (Å²) in [4.78, 5) is 49.0. The molecule has 11 heteroatoms. The molecule has 6 rings (SSSR count). The molecule has 2 aromatic rings. The van der Waals surface area contributed by atoms with Gasteiger partial charge in [0, 0.05) is 17.6 Å². The first-order valence-corrected chi connectivity index (χ1v) is 15.1. The van der Waals surface area contributed by atoms with E-state index in [0.29, 0.717) is 57.0 Å². The van der Waals surface area contributed by atoms with Crippen LogP contribution in [0.2, 0.25) is 0 Å². The monoisotopic (exact) mass is 630 g/mol. The van der Waals surface area contributed by atoms with Crippen LogP contribution in [-0.4, -0.2) is 53.0 Å². The van der Waals surface area contributed by atoms with Gasteiger partial charge >= 0.3 is 35.0 Å². The number of ketones is 1. The number of carbonyl (C=O) groups excluding carboxylic acids is 2. The van der Waals surface area contributed by atoms with Crippen molar-refractivity contribution >= 4 is 65.1 Å². The minimum absolute atomic E-state index is 0. The topological polar surface area (TPSA) is 151 Å². The molecule has 234 valence electrons. The quantitative estimate of drug-likeness (QED) is 0.283. The van der Waals surface area contributed by atoms with E-state index in [1.807, 2.05) is 39.0 Å². The summed E-state index contributed by atoms with van der Waals surface area (Å²) in [5, 5.41) is 16.3. The maximum atomic E-state index is 14.1. The number of carboxylic acid groups (broad SMARTS) is 1. The van der Waals surface area contributed by atoms with Crippen LogP contribution in [-0.2, 0) is 25.5 Å². The van der Waals surface area contributed by atoms with E-state index in [2.05, 4.69) is 13.5 Å². The van der Waals surface area contributed by atoms with Crippen molar-refractivity contribution in [3.05, 3.63) is 102 Å². The third kappa shape index (κ3) is 4.97. The number of quaternary nitrogens is 1. The molecule has 4 aliphatic rings. The van der Waals surface area contributed by atoms with Crippen LogP contribution in [0.5, 0.6) is 0 Å². The zero-order valence-corrected chi connectivity index (χ0v) is 28.4. The summed E-state index contributed by atoms with van der Waals surface area (Å²) < 4.78 is 5.12. The van der Waals surface area contributed by atoms with E-state index in [-0.39, 0.29) is 46.8 Å².